The normalized spacial score (nSPS) is 25.9. The van der Waals surface area contributed by atoms with Gasteiger partial charge < -0.3 is 0 Å². The van der Waals surface area contributed by atoms with Crippen LogP contribution in [0.1, 0.15) is 46.6 Å². The van der Waals surface area contributed by atoms with Crippen molar-refractivity contribution >= 4 is 0 Å². The van der Waals surface area contributed by atoms with Crippen LogP contribution in [0, 0.1) is 17.0 Å². The number of hydrogen-bond donors (Lipinski definition) is 0. The number of hydrogen-bond acceptors (Lipinski definition) is 2. The lowest BCUT2D eigenvalue weighted by molar-refractivity contribution is -0.570. The maximum Gasteiger partial charge on any atom is 0.272 e. The fourth-order valence-corrected chi connectivity index (χ4v) is 4.23. The first-order chi connectivity index (χ1) is 9.66. The smallest absolute Gasteiger partial charge is 0.263 e. The lowest BCUT2D eigenvalue weighted by atomic mass is 9.59. The van der Waals surface area contributed by atoms with Crippen molar-refractivity contribution in [3.63, 3.8) is 0 Å². The molecule has 0 fully saturated rings. The molecule has 0 spiro atoms. The predicted molar refractivity (Wildman–Crippen MR) is 76.5 cm³/mol. The first-order valence-electron chi connectivity index (χ1n) is 7.00. The second-order valence-electron chi connectivity index (χ2n) is 5.84. The SMILES string of the molecule is Cc1cccc2c1C1([N+](=O)[O-])CCC2c2ccccc21. The average Bonchev–Trinajstić information content (AvgIpc) is 2.47. The Labute approximate surface area is 117 Å². The minimum atomic E-state index is -1.04. The molecule has 3 heteroatoms. The summed E-state index contributed by atoms with van der Waals surface area (Å²) in [6.45, 7) is 1.99. The van der Waals surface area contributed by atoms with Gasteiger partial charge in [-0.25, -0.2) is 0 Å². The van der Waals surface area contributed by atoms with Crippen molar-refractivity contribution in [1.82, 2.24) is 0 Å². The zero-order valence-electron chi connectivity index (χ0n) is 11.3. The van der Waals surface area contributed by atoms with Crippen LogP contribution in [-0.4, -0.2) is 4.92 Å². The first-order valence-corrected chi connectivity index (χ1v) is 7.00. The fourth-order valence-electron chi connectivity index (χ4n) is 4.23. The van der Waals surface area contributed by atoms with E-state index in [1.807, 2.05) is 37.3 Å². The minimum Gasteiger partial charge on any atom is -0.263 e. The lowest BCUT2D eigenvalue weighted by Crippen LogP contribution is -2.46. The topological polar surface area (TPSA) is 43.1 Å². The van der Waals surface area contributed by atoms with Gasteiger partial charge in [-0.2, -0.15) is 0 Å². The molecule has 0 saturated heterocycles. The Bertz CT molecular complexity index is 738. The molecule has 5 rings (SSSR count). The minimum absolute atomic E-state index is 0.0625. The van der Waals surface area contributed by atoms with Crippen LogP contribution in [0.5, 0.6) is 0 Å². The van der Waals surface area contributed by atoms with Crippen molar-refractivity contribution in [2.24, 2.45) is 0 Å². The van der Waals surface area contributed by atoms with E-state index in [0.29, 0.717) is 12.3 Å². The van der Waals surface area contributed by atoms with Gasteiger partial charge in [0.1, 0.15) is 0 Å². The second kappa shape index (κ2) is 3.69. The van der Waals surface area contributed by atoms with E-state index in [1.54, 1.807) is 0 Å². The fraction of sp³-hybridized carbons (Fsp3) is 0.294. The Hall–Kier alpha value is -2.16. The average molecular weight is 265 g/mol. The number of rotatable bonds is 1. The summed E-state index contributed by atoms with van der Waals surface area (Å²) in [5.41, 5.74) is 4.16. The summed E-state index contributed by atoms with van der Waals surface area (Å²) in [6, 6.07) is 14.0. The molecule has 20 heavy (non-hydrogen) atoms. The largest absolute Gasteiger partial charge is 0.272 e. The van der Waals surface area contributed by atoms with E-state index in [-0.39, 0.29) is 4.92 Å². The van der Waals surface area contributed by atoms with E-state index < -0.39 is 5.54 Å². The maximum absolute atomic E-state index is 12.0. The maximum atomic E-state index is 12.0. The third-order valence-electron chi connectivity index (χ3n) is 4.98. The molecule has 0 heterocycles. The summed E-state index contributed by atoms with van der Waals surface area (Å²) in [5.74, 6) is 0.322. The van der Waals surface area contributed by atoms with E-state index >= 15 is 0 Å². The number of nitrogens with zero attached hydrogens (tertiary/aromatic N) is 1. The molecule has 100 valence electrons. The zero-order chi connectivity index (χ0) is 13.9. The van der Waals surface area contributed by atoms with Gasteiger partial charge in [-0.3, -0.25) is 10.1 Å². The van der Waals surface area contributed by atoms with Gasteiger partial charge in [-0.15, -0.1) is 0 Å². The van der Waals surface area contributed by atoms with Crippen LogP contribution in [0.25, 0.3) is 0 Å². The van der Waals surface area contributed by atoms with Crippen molar-refractivity contribution in [2.45, 2.75) is 31.2 Å². The van der Waals surface area contributed by atoms with Gasteiger partial charge in [0.15, 0.2) is 0 Å². The zero-order valence-corrected chi connectivity index (χ0v) is 11.3. The van der Waals surface area contributed by atoms with Gasteiger partial charge in [0.2, 0.25) is 0 Å². The summed E-state index contributed by atoms with van der Waals surface area (Å²) in [4.78, 5) is 12.0. The van der Waals surface area contributed by atoms with E-state index in [4.69, 9.17) is 0 Å². The molecule has 0 aromatic heterocycles. The molecule has 2 bridgehead atoms. The monoisotopic (exact) mass is 265 g/mol. The summed E-state index contributed by atoms with van der Waals surface area (Å²) in [6.07, 6.45) is 1.48. The van der Waals surface area contributed by atoms with Crippen LogP contribution in [0.3, 0.4) is 0 Å². The highest BCUT2D eigenvalue weighted by atomic mass is 16.6. The van der Waals surface area contributed by atoms with Crippen molar-refractivity contribution in [2.75, 3.05) is 0 Å². The Morgan fingerprint density at radius 2 is 1.90 bits per heavy atom. The van der Waals surface area contributed by atoms with Crippen LogP contribution in [0.15, 0.2) is 42.5 Å². The molecule has 0 amide bonds. The van der Waals surface area contributed by atoms with Gasteiger partial charge in [0.25, 0.3) is 5.54 Å². The molecule has 3 nitrogen and oxygen atoms in total. The Kier molecular flexibility index (Phi) is 2.15. The van der Waals surface area contributed by atoms with Crippen LogP contribution in [-0.2, 0) is 5.54 Å². The number of benzene rings is 2. The van der Waals surface area contributed by atoms with Crippen molar-refractivity contribution < 1.29 is 4.92 Å². The third-order valence-corrected chi connectivity index (χ3v) is 4.98. The molecule has 0 saturated carbocycles. The Morgan fingerprint density at radius 3 is 2.70 bits per heavy atom. The molecule has 0 aliphatic heterocycles. The quantitative estimate of drug-likeness (QED) is 0.582. The van der Waals surface area contributed by atoms with Crippen LogP contribution >= 0.6 is 0 Å². The standard InChI is InChI=1S/C17H15NO2/c1-11-5-4-7-14-12-9-10-17(16(11)14,18(19)20)15-8-3-2-6-13(12)15/h2-8,12H,9-10H2,1H3. The van der Waals surface area contributed by atoms with E-state index in [2.05, 4.69) is 12.1 Å². The molecule has 2 atom stereocenters. The van der Waals surface area contributed by atoms with Crippen LogP contribution in [0.4, 0.5) is 0 Å². The number of fused-ring (bicyclic) bond motifs is 1. The molecular formula is C17H15NO2. The summed E-state index contributed by atoms with van der Waals surface area (Å²) in [5, 5.41) is 12.0. The predicted octanol–water partition coefficient (Wildman–Crippen LogP) is 3.75. The molecule has 2 unspecified atom stereocenters. The first kappa shape index (κ1) is 11.6. The number of nitro groups is 1. The van der Waals surface area contributed by atoms with Gasteiger partial charge in [-0.05, 0) is 30.0 Å². The highest BCUT2D eigenvalue weighted by Gasteiger charge is 2.57. The Balaban J connectivity index is 2.16. The second-order valence-corrected chi connectivity index (χ2v) is 5.84. The lowest BCUT2D eigenvalue weighted by Gasteiger charge is -2.44. The van der Waals surface area contributed by atoms with Gasteiger partial charge >= 0.3 is 0 Å². The number of aryl methyl sites for hydroxylation is 1. The van der Waals surface area contributed by atoms with Crippen LogP contribution < -0.4 is 0 Å². The molecule has 2 aromatic rings. The summed E-state index contributed by atoms with van der Waals surface area (Å²) in [7, 11) is 0. The Morgan fingerprint density at radius 1 is 1.15 bits per heavy atom. The van der Waals surface area contributed by atoms with Gasteiger partial charge in [0.05, 0.1) is 0 Å². The van der Waals surface area contributed by atoms with Crippen molar-refractivity contribution in [1.29, 1.82) is 0 Å². The van der Waals surface area contributed by atoms with Gasteiger partial charge in [0, 0.05) is 28.4 Å². The van der Waals surface area contributed by atoms with E-state index in [0.717, 1.165) is 34.2 Å². The van der Waals surface area contributed by atoms with Crippen molar-refractivity contribution in [3.05, 3.63) is 80.4 Å². The highest BCUT2D eigenvalue weighted by molar-refractivity contribution is 5.59. The van der Waals surface area contributed by atoms with Crippen molar-refractivity contribution in [3.8, 4) is 0 Å². The molecule has 0 radical (unpaired) electrons. The molecular weight excluding hydrogens is 250 g/mol. The van der Waals surface area contributed by atoms with E-state index in [9.17, 15) is 10.1 Å². The summed E-state index contributed by atoms with van der Waals surface area (Å²) < 4.78 is 0. The van der Waals surface area contributed by atoms with Gasteiger partial charge in [-0.1, -0.05) is 42.5 Å². The van der Waals surface area contributed by atoms with E-state index in [1.165, 1.54) is 0 Å². The molecule has 3 aliphatic rings. The molecule has 3 aliphatic carbocycles. The highest BCUT2D eigenvalue weighted by Crippen LogP contribution is 2.57. The summed E-state index contributed by atoms with van der Waals surface area (Å²) >= 11 is 0. The molecule has 2 aromatic carbocycles. The van der Waals surface area contributed by atoms with Crippen LogP contribution in [0.2, 0.25) is 0 Å². The third kappa shape index (κ3) is 1.16. The molecule has 0 N–H and O–H groups in total.